The first-order valence-corrected chi connectivity index (χ1v) is 6.51. The first kappa shape index (κ1) is 12.2. The number of hydrogen-bond donors (Lipinski definition) is 1. The summed E-state index contributed by atoms with van der Waals surface area (Å²) in [7, 11) is 0. The van der Waals surface area contributed by atoms with Gasteiger partial charge in [-0.1, -0.05) is 49.0 Å². The fourth-order valence-electron chi connectivity index (χ4n) is 2.66. The van der Waals surface area contributed by atoms with Crippen LogP contribution in [0.3, 0.4) is 0 Å². The maximum absolute atomic E-state index is 6.49. The van der Waals surface area contributed by atoms with Crippen molar-refractivity contribution in [2.24, 2.45) is 11.7 Å². The van der Waals surface area contributed by atoms with Gasteiger partial charge in [0.15, 0.2) is 0 Å². The van der Waals surface area contributed by atoms with Crippen molar-refractivity contribution in [3.63, 3.8) is 0 Å². The SMILES string of the molecule is CC1CCCC(N)(c2ccc(Cl)c(Cl)c2)C1. The molecule has 2 rings (SSSR count). The number of nitrogens with two attached hydrogens (primary N) is 1. The van der Waals surface area contributed by atoms with Gasteiger partial charge in [0.2, 0.25) is 0 Å². The molecule has 1 fully saturated rings. The fraction of sp³-hybridized carbons (Fsp3) is 0.538. The molecule has 2 unspecified atom stereocenters. The van der Waals surface area contributed by atoms with Crippen LogP contribution in [0.15, 0.2) is 18.2 Å². The molecule has 1 aromatic rings. The van der Waals surface area contributed by atoms with Crippen LogP contribution in [-0.4, -0.2) is 0 Å². The minimum Gasteiger partial charge on any atom is -0.321 e. The molecule has 0 spiro atoms. The highest BCUT2D eigenvalue weighted by molar-refractivity contribution is 6.42. The highest BCUT2D eigenvalue weighted by atomic mass is 35.5. The molecule has 2 N–H and O–H groups in total. The van der Waals surface area contributed by atoms with E-state index in [1.165, 1.54) is 12.8 Å². The Morgan fingerprint density at radius 3 is 2.69 bits per heavy atom. The van der Waals surface area contributed by atoms with Crippen molar-refractivity contribution in [1.82, 2.24) is 0 Å². The van der Waals surface area contributed by atoms with Crippen LogP contribution >= 0.6 is 23.2 Å². The molecule has 0 aromatic heterocycles. The third-order valence-electron chi connectivity index (χ3n) is 3.53. The Bertz CT molecular complexity index is 392. The maximum atomic E-state index is 6.49. The Hall–Kier alpha value is -0.240. The summed E-state index contributed by atoms with van der Waals surface area (Å²) in [4.78, 5) is 0. The van der Waals surface area contributed by atoms with Crippen molar-refractivity contribution < 1.29 is 0 Å². The lowest BCUT2D eigenvalue weighted by Crippen LogP contribution is -2.40. The van der Waals surface area contributed by atoms with E-state index in [2.05, 4.69) is 6.92 Å². The lowest BCUT2D eigenvalue weighted by Gasteiger charge is -2.37. The molecule has 0 saturated heterocycles. The van der Waals surface area contributed by atoms with Gasteiger partial charge in [-0.2, -0.15) is 0 Å². The van der Waals surface area contributed by atoms with Crippen LogP contribution in [0.2, 0.25) is 10.0 Å². The van der Waals surface area contributed by atoms with Gasteiger partial charge in [-0.25, -0.2) is 0 Å². The number of hydrogen-bond acceptors (Lipinski definition) is 1. The predicted octanol–water partition coefficient (Wildman–Crippen LogP) is 4.36. The summed E-state index contributed by atoms with van der Waals surface area (Å²) in [6, 6.07) is 5.77. The van der Waals surface area contributed by atoms with Gasteiger partial charge in [0.1, 0.15) is 0 Å². The molecule has 0 amide bonds. The molecule has 1 aliphatic carbocycles. The second-order valence-corrected chi connectivity index (χ2v) is 5.80. The zero-order valence-corrected chi connectivity index (χ0v) is 11.0. The molecule has 1 nitrogen and oxygen atoms in total. The Morgan fingerprint density at radius 1 is 1.31 bits per heavy atom. The second kappa shape index (κ2) is 4.56. The Morgan fingerprint density at radius 2 is 2.06 bits per heavy atom. The predicted molar refractivity (Wildman–Crippen MR) is 70.0 cm³/mol. The molecule has 1 aliphatic rings. The molecule has 0 heterocycles. The van der Waals surface area contributed by atoms with E-state index in [9.17, 15) is 0 Å². The zero-order valence-electron chi connectivity index (χ0n) is 9.47. The summed E-state index contributed by atoms with van der Waals surface area (Å²) in [5.41, 5.74) is 7.39. The van der Waals surface area contributed by atoms with Crippen LogP contribution in [-0.2, 0) is 5.54 Å². The Balaban J connectivity index is 2.31. The number of benzene rings is 1. The van der Waals surface area contributed by atoms with Gasteiger partial charge in [0.05, 0.1) is 10.0 Å². The van der Waals surface area contributed by atoms with Gasteiger partial charge in [-0.3, -0.25) is 0 Å². The third-order valence-corrected chi connectivity index (χ3v) is 4.27. The largest absolute Gasteiger partial charge is 0.321 e. The van der Waals surface area contributed by atoms with Crippen LogP contribution in [0.25, 0.3) is 0 Å². The van der Waals surface area contributed by atoms with E-state index in [0.717, 1.165) is 18.4 Å². The first-order chi connectivity index (χ1) is 7.51. The average molecular weight is 258 g/mol. The van der Waals surface area contributed by atoms with Gasteiger partial charge in [-0.15, -0.1) is 0 Å². The molecular weight excluding hydrogens is 241 g/mol. The molecule has 1 aromatic carbocycles. The van der Waals surface area contributed by atoms with Crippen LogP contribution < -0.4 is 5.73 Å². The average Bonchev–Trinajstić information content (AvgIpc) is 2.21. The van der Waals surface area contributed by atoms with Crippen molar-refractivity contribution in [3.8, 4) is 0 Å². The van der Waals surface area contributed by atoms with E-state index >= 15 is 0 Å². The Labute approximate surface area is 107 Å². The standard InChI is InChI=1S/C13H17Cl2N/c1-9-3-2-6-13(16,8-9)10-4-5-11(14)12(15)7-10/h4-5,7,9H,2-3,6,8,16H2,1H3. The quantitative estimate of drug-likeness (QED) is 0.795. The van der Waals surface area contributed by atoms with Crippen molar-refractivity contribution in [2.75, 3.05) is 0 Å². The van der Waals surface area contributed by atoms with Crippen LogP contribution in [0.1, 0.15) is 38.2 Å². The molecule has 0 radical (unpaired) electrons. The first-order valence-electron chi connectivity index (χ1n) is 5.76. The molecular formula is C13H17Cl2N. The van der Waals surface area contributed by atoms with Gasteiger partial charge in [0.25, 0.3) is 0 Å². The van der Waals surface area contributed by atoms with Crippen LogP contribution in [0.4, 0.5) is 0 Å². The summed E-state index contributed by atoms with van der Waals surface area (Å²) < 4.78 is 0. The smallest absolute Gasteiger partial charge is 0.0595 e. The van der Waals surface area contributed by atoms with E-state index in [1.807, 2.05) is 18.2 Å². The van der Waals surface area contributed by atoms with E-state index < -0.39 is 0 Å². The summed E-state index contributed by atoms with van der Waals surface area (Å²) >= 11 is 12.0. The van der Waals surface area contributed by atoms with Crippen LogP contribution in [0, 0.1) is 5.92 Å². The zero-order chi connectivity index (χ0) is 11.8. The van der Waals surface area contributed by atoms with Gasteiger partial charge < -0.3 is 5.73 Å². The van der Waals surface area contributed by atoms with Gasteiger partial charge >= 0.3 is 0 Å². The topological polar surface area (TPSA) is 26.0 Å². The lowest BCUT2D eigenvalue weighted by molar-refractivity contribution is 0.239. The van der Waals surface area contributed by atoms with E-state index in [4.69, 9.17) is 28.9 Å². The molecule has 88 valence electrons. The second-order valence-electron chi connectivity index (χ2n) is 4.99. The summed E-state index contributed by atoms with van der Waals surface area (Å²) in [5, 5.41) is 1.19. The minimum absolute atomic E-state index is 0.216. The summed E-state index contributed by atoms with van der Waals surface area (Å²) in [6.45, 7) is 2.26. The monoisotopic (exact) mass is 257 g/mol. The Kier molecular flexibility index (Phi) is 3.48. The van der Waals surface area contributed by atoms with Gasteiger partial charge in [0, 0.05) is 5.54 Å². The fourth-order valence-corrected chi connectivity index (χ4v) is 2.96. The third kappa shape index (κ3) is 2.37. The molecule has 2 atom stereocenters. The summed E-state index contributed by atoms with van der Waals surface area (Å²) in [6.07, 6.45) is 4.54. The molecule has 16 heavy (non-hydrogen) atoms. The van der Waals surface area contributed by atoms with E-state index in [1.54, 1.807) is 0 Å². The molecule has 1 saturated carbocycles. The molecule has 3 heteroatoms. The van der Waals surface area contributed by atoms with Gasteiger partial charge in [-0.05, 0) is 36.5 Å². The number of halogens is 2. The minimum atomic E-state index is -0.216. The lowest BCUT2D eigenvalue weighted by atomic mass is 9.73. The maximum Gasteiger partial charge on any atom is 0.0595 e. The molecule has 0 aliphatic heterocycles. The van der Waals surface area contributed by atoms with Crippen LogP contribution in [0.5, 0.6) is 0 Å². The van der Waals surface area contributed by atoms with E-state index in [0.29, 0.717) is 16.0 Å². The van der Waals surface area contributed by atoms with Crippen molar-refractivity contribution >= 4 is 23.2 Å². The highest BCUT2D eigenvalue weighted by Crippen LogP contribution is 2.39. The van der Waals surface area contributed by atoms with Crippen molar-refractivity contribution in [3.05, 3.63) is 33.8 Å². The number of rotatable bonds is 1. The summed E-state index contributed by atoms with van der Waals surface area (Å²) in [5.74, 6) is 0.688. The highest BCUT2D eigenvalue weighted by Gasteiger charge is 2.32. The molecule has 0 bridgehead atoms. The normalized spacial score (nSPS) is 30.4. The van der Waals surface area contributed by atoms with E-state index in [-0.39, 0.29) is 5.54 Å². The van der Waals surface area contributed by atoms with Crippen molar-refractivity contribution in [1.29, 1.82) is 0 Å². The van der Waals surface area contributed by atoms with Crippen molar-refractivity contribution in [2.45, 2.75) is 38.1 Å².